The topological polar surface area (TPSA) is 78.4 Å². The molecule has 0 aliphatic heterocycles. The predicted molar refractivity (Wildman–Crippen MR) is 88.5 cm³/mol. The van der Waals surface area contributed by atoms with Crippen LogP contribution in [0, 0.1) is 5.82 Å². The highest BCUT2D eigenvalue weighted by Crippen LogP contribution is 2.20. The molecule has 0 aliphatic rings. The smallest absolute Gasteiger partial charge is 0.337 e. The summed E-state index contributed by atoms with van der Waals surface area (Å²) in [5.74, 6) is -2.58. The number of hydrogen-bond donors (Lipinski definition) is 3. The molecule has 1 amide bonds. The van der Waals surface area contributed by atoms with Crippen LogP contribution in [0.2, 0.25) is 5.02 Å². The number of carbonyl (C=O) groups is 2. The highest BCUT2D eigenvalue weighted by Gasteiger charge is 2.13. The fourth-order valence-corrected chi connectivity index (χ4v) is 2.15. The Bertz CT molecular complexity index is 798. The second-order valence-electron chi connectivity index (χ2n) is 4.39. The number of hydrogen-bond acceptors (Lipinski definition) is 3. The number of halogens is 2. The van der Waals surface area contributed by atoms with Crippen molar-refractivity contribution >= 4 is 46.5 Å². The van der Waals surface area contributed by atoms with E-state index in [1.165, 1.54) is 36.4 Å². The molecule has 0 aliphatic carbocycles. The van der Waals surface area contributed by atoms with Crippen molar-refractivity contribution in [2.75, 3.05) is 5.32 Å². The average molecular weight is 353 g/mol. The van der Waals surface area contributed by atoms with E-state index in [1.807, 2.05) is 0 Å². The fourth-order valence-electron chi connectivity index (χ4n) is 1.75. The quantitative estimate of drug-likeness (QED) is 0.739. The van der Waals surface area contributed by atoms with Gasteiger partial charge in [0.1, 0.15) is 5.82 Å². The summed E-state index contributed by atoms with van der Waals surface area (Å²) in [5.41, 5.74) is 0.0597. The second-order valence-corrected chi connectivity index (χ2v) is 5.20. The minimum Gasteiger partial charge on any atom is -0.478 e. The molecule has 5 nitrogen and oxygen atoms in total. The van der Waals surface area contributed by atoms with Gasteiger partial charge in [-0.3, -0.25) is 10.1 Å². The number of aromatic carboxylic acids is 1. The Morgan fingerprint density at radius 3 is 2.48 bits per heavy atom. The number of carbonyl (C=O) groups excluding carboxylic acids is 1. The first-order valence-corrected chi connectivity index (χ1v) is 7.07. The maximum Gasteiger partial charge on any atom is 0.337 e. The highest BCUT2D eigenvalue weighted by atomic mass is 35.5. The van der Waals surface area contributed by atoms with Crippen molar-refractivity contribution in [2.45, 2.75) is 0 Å². The summed E-state index contributed by atoms with van der Waals surface area (Å²) in [6.07, 6.45) is 0. The molecule has 0 spiro atoms. The van der Waals surface area contributed by atoms with Gasteiger partial charge in [0, 0.05) is 5.69 Å². The molecular weight excluding hydrogens is 343 g/mol. The van der Waals surface area contributed by atoms with Gasteiger partial charge in [-0.05, 0) is 42.5 Å². The number of nitrogens with one attached hydrogen (secondary N) is 2. The molecule has 3 N–H and O–H groups in total. The first-order valence-electron chi connectivity index (χ1n) is 6.28. The summed E-state index contributed by atoms with van der Waals surface area (Å²) in [5, 5.41) is 13.9. The zero-order chi connectivity index (χ0) is 17.0. The van der Waals surface area contributed by atoms with Crippen LogP contribution in [0.15, 0.2) is 42.5 Å². The molecule has 0 bridgehead atoms. The molecule has 0 fully saturated rings. The fraction of sp³-hybridized carbons (Fsp3) is 0. The van der Waals surface area contributed by atoms with Gasteiger partial charge < -0.3 is 10.4 Å². The Balaban J connectivity index is 2.08. The number of rotatable bonds is 3. The lowest BCUT2D eigenvalue weighted by Gasteiger charge is -2.11. The summed E-state index contributed by atoms with van der Waals surface area (Å²) >= 11 is 10.7. The SMILES string of the molecule is O=C(NC(=S)Nc1ccc(Cl)c(C(=O)O)c1)c1ccccc1F. The predicted octanol–water partition coefficient (Wildman–Crippen LogP) is 3.30. The van der Waals surface area contributed by atoms with Crippen LogP contribution < -0.4 is 10.6 Å². The van der Waals surface area contributed by atoms with Crippen LogP contribution in [0.1, 0.15) is 20.7 Å². The summed E-state index contributed by atoms with van der Waals surface area (Å²) in [4.78, 5) is 22.9. The lowest BCUT2D eigenvalue weighted by molar-refractivity contribution is 0.0697. The van der Waals surface area contributed by atoms with E-state index in [2.05, 4.69) is 10.6 Å². The maximum atomic E-state index is 13.5. The molecule has 0 unspecified atom stereocenters. The maximum absolute atomic E-state index is 13.5. The van der Waals surface area contributed by atoms with Gasteiger partial charge in [-0.15, -0.1) is 0 Å². The van der Waals surface area contributed by atoms with Gasteiger partial charge in [0.25, 0.3) is 5.91 Å². The van der Waals surface area contributed by atoms with E-state index in [4.69, 9.17) is 28.9 Å². The third-order valence-corrected chi connectivity index (χ3v) is 3.33. The third kappa shape index (κ3) is 4.24. The molecule has 2 rings (SSSR count). The Morgan fingerprint density at radius 2 is 1.83 bits per heavy atom. The molecule has 2 aromatic carbocycles. The van der Waals surface area contributed by atoms with Crippen molar-refractivity contribution in [1.29, 1.82) is 0 Å². The molecule has 0 heterocycles. The van der Waals surface area contributed by atoms with Crippen molar-refractivity contribution in [1.82, 2.24) is 5.32 Å². The van der Waals surface area contributed by atoms with Crippen LogP contribution in [0.4, 0.5) is 10.1 Å². The first kappa shape index (κ1) is 16.9. The standard InChI is InChI=1S/C15H10ClFN2O3S/c16-11-6-5-8(7-10(11)14(21)22)18-15(23)19-13(20)9-3-1-2-4-12(9)17/h1-7H,(H,21,22)(H2,18,19,20,23). The van der Waals surface area contributed by atoms with E-state index in [-0.39, 0.29) is 21.3 Å². The number of anilines is 1. The first-order chi connectivity index (χ1) is 10.9. The summed E-state index contributed by atoms with van der Waals surface area (Å²) < 4.78 is 13.5. The minimum absolute atomic E-state index is 0.0735. The normalized spacial score (nSPS) is 10.0. The van der Waals surface area contributed by atoms with Crippen molar-refractivity contribution < 1.29 is 19.1 Å². The monoisotopic (exact) mass is 352 g/mol. The van der Waals surface area contributed by atoms with Gasteiger partial charge in [-0.1, -0.05) is 23.7 Å². The van der Waals surface area contributed by atoms with Crippen molar-refractivity contribution in [3.8, 4) is 0 Å². The summed E-state index contributed by atoms with van der Waals surface area (Å²) in [6, 6.07) is 9.61. The number of benzene rings is 2. The van der Waals surface area contributed by atoms with E-state index in [0.29, 0.717) is 5.69 Å². The average Bonchev–Trinajstić information content (AvgIpc) is 2.49. The van der Waals surface area contributed by atoms with Gasteiger partial charge >= 0.3 is 5.97 Å². The van der Waals surface area contributed by atoms with Crippen LogP contribution in [-0.4, -0.2) is 22.1 Å². The van der Waals surface area contributed by atoms with Gasteiger partial charge in [0.2, 0.25) is 0 Å². The zero-order valence-corrected chi connectivity index (χ0v) is 13.0. The van der Waals surface area contributed by atoms with E-state index in [1.54, 1.807) is 0 Å². The largest absolute Gasteiger partial charge is 0.478 e. The molecule has 0 saturated heterocycles. The Morgan fingerprint density at radius 1 is 1.13 bits per heavy atom. The van der Waals surface area contributed by atoms with E-state index in [9.17, 15) is 14.0 Å². The van der Waals surface area contributed by atoms with Crippen LogP contribution in [-0.2, 0) is 0 Å². The van der Waals surface area contributed by atoms with Crippen LogP contribution in [0.3, 0.4) is 0 Å². The van der Waals surface area contributed by atoms with E-state index >= 15 is 0 Å². The number of carboxylic acid groups (broad SMARTS) is 1. The number of thiocarbonyl (C=S) groups is 1. The molecule has 2 aromatic rings. The highest BCUT2D eigenvalue weighted by molar-refractivity contribution is 7.80. The van der Waals surface area contributed by atoms with Gasteiger partial charge in [0.15, 0.2) is 5.11 Å². The van der Waals surface area contributed by atoms with Crippen molar-refractivity contribution in [3.63, 3.8) is 0 Å². The molecule has 0 saturated carbocycles. The Labute approximate surface area is 141 Å². The molecule has 0 aromatic heterocycles. The molecular formula is C15H10ClFN2O3S. The zero-order valence-electron chi connectivity index (χ0n) is 11.5. The number of amides is 1. The number of carboxylic acids is 1. The molecule has 0 atom stereocenters. The lowest BCUT2D eigenvalue weighted by Crippen LogP contribution is -2.34. The van der Waals surface area contributed by atoms with Gasteiger partial charge in [0.05, 0.1) is 16.1 Å². The van der Waals surface area contributed by atoms with Gasteiger partial charge in [-0.2, -0.15) is 0 Å². The lowest BCUT2D eigenvalue weighted by atomic mass is 10.2. The van der Waals surface area contributed by atoms with E-state index < -0.39 is 17.7 Å². The van der Waals surface area contributed by atoms with Crippen LogP contribution in [0.25, 0.3) is 0 Å². The van der Waals surface area contributed by atoms with Crippen molar-refractivity contribution in [2.24, 2.45) is 0 Å². The summed E-state index contributed by atoms with van der Waals surface area (Å²) in [6.45, 7) is 0. The van der Waals surface area contributed by atoms with Gasteiger partial charge in [-0.25, -0.2) is 9.18 Å². The van der Waals surface area contributed by atoms with Crippen LogP contribution >= 0.6 is 23.8 Å². The molecule has 8 heteroatoms. The minimum atomic E-state index is -1.19. The Kier molecular flexibility index (Phi) is 5.25. The van der Waals surface area contributed by atoms with E-state index in [0.717, 1.165) is 6.07 Å². The second kappa shape index (κ2) is 7.17. The molecule has 23 heavy (non-hydrogen) atoms. The van der Waals surface area contributed by atoms with Crippen molar-refractivity contribution in [3.05, 3.63) is 64.4 Å². The molecule has 118 valence electrons. The van der Waals surface area contributed by atoms with Crippen LogP contribution in [0.5, 0.6) is 0 Å². The summed E-state index contributed by atoms with van der Waals surface area (Å²) in [7, 11) is 0. The third-order valence-electron chi connectivity index (χ3n) is 2.80. The molecule has 0 radical (unpaired) electrons. The Hall–Kier alpha value is -2.51.